The van der Waals surface area contributed by atoms with E-state index >= 15 is 0 Å². The third-order valence-electron chi connectivity index (χ3n) is 5.64. The first-order valence-electron chi connectivity index (χ1n) is 9.27. The van der Waals surface area contributed by atoms with Crippen LogP contribution < -0.4 is 10.6 Å². The third kappa shape index (κ3) is 4.34. The fraction of sp³-hybridized carbons (Fsp3) is 0.476. The van der Waals surface area contributed by atoms with Gasteiger partial charge in [-0.1, -0.05) is 42.5 Å². The first-order valence-corrected chi connectivity index (χ1v) is 9.27. The quantitative estimate of drug-likeness (QED) is 0.852. The van der Waals surface area contributed by atoms with Gasteiger partial charge in [0.25, 0.3) is 0 Å². The maximum Gasteiger partial charge on any atom is 0.220 e. The molecular weight excluding hydrogens is 332 g/mol. The second kappa shape index (κ2) is 8.20. The predicted molar refractivity (Wildman–Crippen MR) is 105 cm³/mol. The second-order valence-corrected chi connectivity index (χ2v) is 7.42. The Morgan fingerprint density at radius 2 is 1.76 bits per heavy atom. The van der Waals surface area contributed by atoms with Gasteiger partial charge in [-0.3, -0.25) is 4.79 Å². The van der Waals surface area contributed by atoms with Crippen LogP contribution in [0.25, 0.3) is 10.8 Å². The summed E-state index contributed by atoms with van der Waals surface area (Å²) in [7, 11) is 0. The predicted octanol–water partition coefficient (Wildman–Crippen LogP) is 3.84. The molecule has 0 aromatic heterocycles. The van der Waals surface area contributed by atoms with Gasteiger partial charge in [0.1, 0.15) is 0 Å². The summed E-state index contributed by atoms with van der Waals surface area (Å²) < 4.78 is 0. The molecule has 2 bridgehead atoms. The summed E-state index contributed by atoms with van der Waals surface area (Å²) in [5.74, 6) is 0.794. The van der Waals surface area contributed by atoms with Crippen LogP contribution in [-0.2, 0) is 11.2 Å². The van der Waals surface area contributed by atoms with Gasteiger partial charge in [-0.05, 0) is 54.4 Å². The molecule has 2 N–H and O–H groups in total. The summed E-state index contributed by atoms with van der Waals surface area (Å²) in [6, 6.07) is 16.2. The molecule has 2 fully saturated rings. The van der Waals surface area contributed by atoms with Crippen molar-refractivity contribution in [3.63, 3.8) is 0 Å². The molecule has 0 aliphatic carbocycles. The van der Waals surface area contributed by atoms with Crippen molar-refractivity contribution < 1.29 is 4.79 Å². The van der Waals surface area contributed by atoms with Gasteiger partial charge in [-0.25, -0.2) is 0 Å². The lowest BCUT2D eigenvalue weighted by atomic mass is 9.89. The first kappa shape index (κ1) is 18.2. The molecule has 2 saturated heterocycles. The number of carbonyl (C=O) groups excluding carboxylic acids is 1. The van der Waals surface area contributed by atoms with Crippen LogP contribution in [0.3, 0.4) is 0 Å². The Balaban J connectivity index is 0.00000182. The number of fused-ring (bicyclic) bond motifs is 3. The zero-order valence-electron chi connectivity index (χ0n) is 14.5. The van der Waals surface area contributed by atoms with Gasteiger partial charge >= 0.3 is 0 Å². The van der Waals surface area contributed by atoms with Gasteiger partial charge in [-0.15, -0.1) is 12.4 Å². The Labute approximate surface area is 156 Å². The minimum atomic E-state index is 0. The summed E-state index contributed by atoms with van der Waals surface area (Å²) in [4.78, 5) is 12.3. The highest BCUT2D eigenvalue weighted by Crippen LogP contribution is 2.32. The fourth-order valence-electron chi connectivity index (χ4n) is 4.52. The van der Waals surface area contributed by atoms with Crippen LogP contribution in [0.2, 0.25) is 0 Å². The van der Waals surface area contributed by atoms with Crippen molar-refractivity contribution in [2.45, 2.75) is 50.6 Å². The highest BCUT2D eigenvalue weighted by Gasteiger charge is 2.34. The lowest BCUT2D eigenvalue weighted by Crippen LogP contribution is -2.39. The van der Waals surface area contributed by atoms with Gasteiger partial charge in [0, 0.05) is 25.0 Å². The maximum atomic E-state index is 12.3. The van der Waals surface area contributed by atoms with E-state index in [9.17, 15) is 4.79 Å². The third-order valence-corrected chi connectivity index (χ3v) is 5.64. The molecule has 2 aromatic carbocycles. The van der Waals surface area contributed by atoms with E-state index in [1.165, 1.54) is 42.0 Å². The topological polar surface area (TPSA) is 41.1 Å². The van der Waals surface area contributed by atoms with E-state index in [0.29, 0.717) is 24.4 Å². The molecule has 3 nitrogen and oxygen atoms in total. The number of amides is 1. The molecule has 134 valence electrons. The number of halogens is 1. The van der Waals surface area contributed by atoms with Gasteiger partial charge in [0.15, 0.2) is 0 Å². The van der Waals surface area contributed by atoms with E-state index < -0.39 is 0 Å². The molecule has 25 heavy (non-hydrogen) atoms. The monoisotopic (exact) mass is 358 g/mol. The minimum absolute atomic E-state index is 0. The van der Waals surface area contributed by atoms with Crippen molar-refractivity contribution in [3.8, 4) is 0 Å². The summed E-state index contributed by atoms with van der Waals surface area (Å²) >= 11 is 0. The summed E-state index contributed by atoms with van der Waals surface area (Å²) in [5.41, 5.74) is 1.31. The van der Waals surface area contributed by atoms with Crippen molar-refractivity contribution in [2.75, 3.05) is 6.54 Å². The number of hydrogen-bond donors (Lipinski definition) is 2. The number of rotatable bonds is 5. The van der Waals surface area contributed by atoms with Crippen LogP contribution in [0.5, 0.6) is 0 Å². The van der Waals surface area contributed by atoms with Crippen LogP contribution in [0.15, 0.2) is 42.5 Å². The molecule has 2 aliphatic rings. The van der Waals surface area contributed by atoms with E-state index in [1.807, 2.05) is 0 Å². The van der Waals surface area contributed by atoms with E-state index in [4.69, 9.17) is 0 Å². The maximum absolute atomic E-state index is 12.3. The van der Waals surface area contributed by atoms with Crippen molar-refractivity contribution in [2.24, 2.45) is 5.92 Å². The van der Waals surface area contributed by atoms with Crippen molar-refractivity contribution in [3.05, 3.63) is 48.0 Å². The molecule has 1 amide bonds. The van der Waals surface area contributed by atoms with Crippen molar-refractivity contribution in [1.82, 2.24) is 10.6 Å². The Hall–Kier alpha value is -1.58. The van der Waals surface area contributed by atoms with Crippen molar-refractivity contribution >= 4 is 29.1 Å². The summed E-state index contributed by atoms with van der Waals surface area (Å²) in [6.07, 6.45) is 6.53. The number of hydrogen-bond acceptors (Lipinski definition) is 2. The molecule has 0 radical (unpaired) electrons. The van der Waals surface area contributed by atoms with Crippen molar-refractivity contribution in [1.29, 1.82) is 0 Å². The smallest absolute Gasteiger partial charge is 0.220 e. The largest absolute Gasteiger partial charge is 0.356 e. The van der Waals surface area contributed by atoms with Crippen LogP contribution in [0.1, 0.15) is 37.7 Å². The highest BCUT2D eigenvalue weighted by atomic mass is 35.5. The molecule has 2 aromatic rings. The van der Waals surface area contributed by atoms with E-state index in [-0.39, 0.29) is 18.3 Å². The first-order chi connectivity index (χ1) is 11.8. The average Bonchev–Trinajstić information content (AvgIpc) is 2.93. The number of piperidine rings is 1. The molecule has 2 aliphatic heterocycles. The lowest BCUT2D eigenvalue weighted by molar-refractivity contribution is -0.122. The lowest BCUT2D eigenvalue weighted by Gasteiger charge is -2.28. The Morgan fingerprint density at radius 1 is 1.04 bits per heavy atom. The van der Waals surface area contributed by atoms with Gasteiger partial charge in [0.05, 0.1) is 0 Å². The molecule has 2 atom stereocenters. The zero-order chi connectivity index (χ0) is 16.4. The second-order valence-electron chi connectivity index (χ2n) is 7.42. The summed E-state index contributed by atoms with van der Waals surface area (Å²) in [6.45, 7) is 0.727. The molecular formula is C21H27ClN2O. The van der Waals surface area contributed by atoms with Gasteiger partial charge in [-0.2, -0.15) is 0 Å². The fourth-order valence-corrected chi connectivity index (χ4v) is 4.52. The minimum Gasteiger partial charge on any atom is -0.356 e. The van der Waals surface area contributed by atoms with Gasteiger partial charge < -0.3 is 10.6 Å². The number of carbonyl (C=O) groups is 1. The highest BCUT2D eigenvalue weighted by molar-refractivity contribution is 5.86. The van der Waals surface area contributed by atoms with E-state index in [1.54, 1.807) is 0 Å². The average molecular weight is 359 g/mol. The van der Waals surface area contributed by atoms with E-state index in [2.05, 4.69) is 53.1 Å². The van der Waals surface area contributed by atoms with Crippen LogP contribution in [-0.4, -0.2) is 24.5 Å². The molecule has 2 heterocycles. The van der Waals surface area contributed by atoms with Crippen LogP contribution >= 0.6 is 12.4 Å². The Morgan fingerprint density at radius 3 is 2.56 bits per heavy atom. The Bertz CT molecular complexity index is 715. The molecule has 2 unspecified atom stereocenters. The number of benzene rings is 2. The standard InChI is InChI=1S/C21H26N2O.ClH/c24-21(14-15-12-18-8-9-19(13-15)23-18)22-11-10-17-6-3-5-16-4-1-2-7-20(16)17;/h1-7,15,18-19,23H,8-14H2,(H,22,24);1H. The molecule has 0 saturated carbocycles. The molecule has 4 rings (SSSR count). The Kier molecular flexibility index (Phi) is 5.98. The number of nitrogens with one attached hydrogen (secondary N) is 2. The molecule has 4 heteroatoms. The molecule has 0 spiro atoms. The van der Waals surface area contributed by atoms with Crippen LogP contribution in [0, 0.1) is 5.92 Å². The van der Waals surface area contributed by atoms with Crippen LogP contribution in [0.4, 0.5) is 0 Å². The normalized spacial score (nSPS) is 24.7. The van der Waals surface area contributed by atoms with E-state index in [0.717, 1.165) is 13.0 Å². The SMILES string of the molecule is Cl.O=C(CC1CC2CCC(C1)N2)NCCc1cccc2ccccc12. The zero-order valence-corrected chi connectivity index (χ0v) is 15.4. The van der Waals surface area contributed by atoms with Gasteiger partial charge in [0.2, 0.25) is 5.91 Å². The summed E-state index contributed by atoms with van der Waals surface area (Å²) in [5, 5.41) is 9.34.